The molecule has 3 aromatic rings. The first-order valence-corrected chi connectivity index (χ1v) is 8.74. The summed E-state index contributed by atoms with van der Waals surface area (Å²) in [6.07, 6.45) is 1.22. The molecular formula is C19H16FN5O4. The van der Waals surface area contributed by atoms with Crippen molar-refractivity contribution in [2.45, 2.75) is 6.54 Å². The first-order valence-electron chi connectivity index (χ1n) is 8.74. The molecule has 0 bridgehead atoms. The minimum atomic E-state index is -0.562. The number of fused-ring (bicyclic) bond motifs is 1. The first kappa shape index (κ1) is 18.4. The molecule has 2 N–H and O–H groups in total. The van der Waals surface area contributed by atoms with Crippen molar-refractivity contribution >= 4 is 23.0 Å². The standard InChI is InChI=1S/C19H16FN5O4/c20-13-3-1-12(2-4-13)10-21-18-17(25(26)27)19(23-11-22-18)24-14-5-6-15-16(9-14)29-8-7-28-15/h1-6,9,11H,7-8,10H2,(H2,21,22,23,24). The van der Waals surface area contributed by atoms with Crippen LogP contribution in [0.2, 0.25) is 0 Å². The Bertz CT molecular complexity index is 1050. The number of aromatic nitrogens is 2. The zero-order chi connectivity index (χ0) is 20.2. The van der Waals surface area contributed by atoms with E-state index in [1.807, 2.05) is 0 Å². The third-order valence-electron chi connectivity index (χ3n) is 4.18. The Morgan fingerprint density at radius 3 is 2.52 bits per heavy atom. The van der Waals surface area contributed by atoms with E-state index in [1.54, 1.807) is 30.3 Å². The van der Waals surface area contributed by atoms with Crippen LogP contribution in [-0.2, 0) is 6.54 Å². The second-order valence-electron chi connectivity index (χ2n) is 6.14. The maximum Gasteiger partial charge on any atom is 0.353 e. The molecule has 2 heterocycles. The molecule has 0 spiro atoms. The minimum Gasteiger partial charge on any atom is -0.486 e. The summed E-state index contributed by atoms with van der Waals surface area (Å²) in [5.74, 6) is 0.888. The normalized spacial score (nSPS) is 12.3. The highest BCUT2D eigenvalue weighted by Crippen LogP contribution is 2.36. The number of nitrogens with one attached hydrogen (secondary N) is 2. The Morgan fingerprint density at radius 2 is 1.76 bits per heavy atom. The molecular weight excluding hydrogens is 381 g/mol. The molecule has 148 valence electrons. The lowest BCUT2D eigenvalue weighted by atomic mass is 10.2. The fraction of sp³-hybridized carbons (Fsp3) is 0.158. The Morgan fingerprint density at radius 1 is 1.03 bits per heavy atom. The maximum absolute atomic E-state index is 13.0. The molecule has 0 saturated heterocycles. The molecule has 0 fully saturated rings. The second kappa shape index (κ2) is 7.97. The van der Waals surface area contributed by atoms with E-state index in [9.17, 15) is 14.5 Å². The van der Waals surface area contributed by atoms with Crippen molar-refractivity contribution < 1.29 is 18.8 Å². The molecule has 0 aliphatic carbocycles. The van der Waals surface area contributed by atoms with Gasteiger partial charge in [-0.1, -0.05) is 12.1 Å². The highest BCUT2D eigenvalue weighted by molar-refractivity contribution is 5.74. The van der Waals surface area contributed by atoms with E-state index in [-0.39, 0.29) is 29.7 Å². The molecule has 1 aliphatic rings. The smallest absolute Gasteiger partial charge is 0.353 e. The number of nitro groups is 1. The summed E-state index contributed by atoms with van der Waals surface area (Å²) in [5, 5.41) is 17.5. The van der Waals surface area contributed by atoms with Gasteiger partial charge in [0.1, 0.15) is 25.4 Å². The van der Waals surface area contributed by atoms with Crippen LogP contribution in [0.4, 0.5) is 27.4 Å². The van der Waals surface area contributed by atoms with E-state index in [0.717, 1.165) is 5.56 Å². The largest absolute Gasteiger partial charge is 0.486 e. The lowest BCUT2D eigenvalue weighted by Crippen LogP contribution is -2.15. The first-order chi connectivity index (χ1) is 14.1. The zero-order valence-corrected chi connectivity index (χ0v) is 15.1. The van der Waals surface area contributed by atoms with E-state index in [0.29, 0.717) is 30.4 Å². The van der Waals surface area contributed by atoms with Gasteiger partial charge in [-0.3, -0.25) is 10.1 Å². The molecule has 2 aromatic carbocycles. The predicted molar refractivity (Wildman–Crippen MR) is 103 cm³/mol. The molecule has 4 rings (SSSR count). The number of hydrogen-bond donors (Lipinski definition) is 2. The zero-order valence-electron chi connectivity index (χ0n) is 15.1. The van der Waals surface area contributed by atoms with Gasteiger partial charge >= 0.3 is 5.69 Å². The van der Waals surface area contributed by atoms with Crippen LogP contribution in [-0.4, -0.2) is 28.1 Å². The van der Waals surface area contributed by atoms with Crippen LogP contribution in [0.3, 0.4) is 0 Å². The van der Waals surface area contributed by atoms with Crippen molar-refractivity contribution in [3.63, 3.8) is 0 Å². The summed E-state index contributed by atoms with van der Waals surface area (Å²) in [6, 6.07) is 10.9. The van der Waals surface area contributed by atoms with Gasteiger partial charge in [-0.15, -0.1) is 0 Å². The summed E-state index contributed by atoms with van der Waals surface area (Å²) in [7, 11) is 0. The van der Waals surface area contributed by atoms with Crippen molar-refractivity contribution in [3.05, 3.63) is 70.3 Å². The molecule has 1 aliphatic heterocycles. The van der Waals surface area contributed by atoms with Crippen LogP contribution in [0.1, 0.15) is 5.56 Å². The van der Waals surface area contributed by atoms with Crippen LogP contribution < -0.4 is 20.1 Å². The highest BCUT2D eigenvalue weighted by atomic mass is 19.1. The van der Waals surface area contributed by atoms with E-state index in [4.69, 9.17) is 9.47 Å². The van der Waals surface area contributed by atoms with Crippen molar-refractivity contribution in [2.24, 2.45) is 0 Å². The number of benzene rings is 2. The number of nitrogens with zero attached hydrogens (tertiary/aromatic N) is 3. The second-order valence-corrected chi connectivity index (χ2v) is 6.14. The Kier molecular flexibility index (Phi) is 5.06. The average Bonchev–Trinajstić information content (AvgIpc) is 2.73. The molecule has 0 amide bonds. The van der Waals surface area contributed by atoms with Crippen LogP contribution in [0.25, 0.3) is 0 Å². The van der Waals surface area contributed by atoms with Gasteiger partial charge < -0.3 is 20.1 Å². The Labute approximate surface area is 164 Å². The summed E-state index contributed by atoms with van der Waals surface area (Å²) in [6.45, 7) is 1.14. The van der Waals surface area contributed by atoms with E-state index in [2.05, 4.69) is 20.6 Å². The third-order valence-corrected chi connectivity index (χ3v) is 4.18. The van der Waals surface area contributed by atoms with Gasteiger partial charge in [0.05, 0.1) is 4.92 Å². The van der Waals surface area contributed by atoms with Crippen LogP contribution in [0.5, 0.6) is 11.5 Å². The monoisotopic (exact) mass is 397 g/mol. The summed E-state index contributed by atoms with van der Waals surface area (Å²) in [5.41, 5.74) is 1.01. The fourth-order valence-electron chi connectivity index (χ4n) is 2.82. The molecule has 0 atom stereocenters. The number of halogens is 1. The Balaban J connectivity index is 1.58. The summed E-state index contributed by atoms with van der Waals surface area (Å²) < 4.78 is 24.0. The number of rotatable bonds is 6. The molecule has 9 nitrogen and oxygen atoms in total. The van der Waals surface area contributed by atoms with Gasteiger partial charge in [0.15, 0.2) is 11.5 Å². The minimum absolute atomic E-state index is 0.0308. The van der Waals surface area contributed by atoms with Gasteiger partial charge in [0.2, 0.25) is 11.6 Å². The van der Waals surface area contributed by atoms with Gasteiger partial charge in [0, 0.05) is 18.3 Å². The highest BCUT2D eigenvalue weighted by Gasteiger charge is 2.23. The van der Waals surface area contributed by atoms with E-state index < -0.39 is 4.92 Å². The summed E-state index contributed by atoms with van der Waals surface area (Å²) in [4.78, 5) is 19.1. The molecule has 0 unspecified atom stereocenters. The third kappa shape index (κ3) is 4.15. The van der Waals surface area contributed by atoms with Crippen LogP contribution >= 0.6 is 0 Å². The van der Waals surface area contributed by atoms with Crippen LogP contribution in [0, 0.1) is 15.9 Å². The van der Waals surface area contributed by atoms with Crippen molar-refractivity contribution in [2.75, 3.05) is 23.8 Å². The molecule has 1 aromatic heterocycles. The van der Waals surface area contributed by atoms with Crippen molar-refractivity contribution in [1.29, 1.82) is 0 Å². The predicted octanol–water partition coefficient (Wildman–Crippen LogP) is 3.65. The number of anilines is 3. The van der Waals surface area contributed by atoms with Gasteiger partial charge in [-0.2, -0.15) is 0 Å². The lowest BCUT2D eigenvalue weighted by molar-refractivity contribution is -0.383. The van der Waals surface area contributed by atoms with Gasteiger partial charge in [0.25, 0.3) is 0 Å². The average molecular weight is 397 g/mol. The lowest BCUT2D eigenvalue weighted by Gasteiger charge is -2.19. The fourth-order valence-corrected chi connectivity index (χ4v) is 2.82. The Hall–Kier alpha value is -3.95. The molecule has 29 heavy (non-hydrogen) atoms. The number of ether oxygens (including phenoxy) is 2. The van der Waals surface area contributed by atoms with E-state index >= 15 is 0 Å². The van der Waals surface area contributed by atoms with Gasteiger partial charge in [-0.05, 0) is 29.8 Å². The van der Waals surface area contributed by atoms with Crippen LogP contribution in [0.15, 0.2) is 48.8 Å². The molecule has 0 saturated carbocycles. The van der Waals surface area contributed by atoms with Crippen molar-refractivity contribution in [1.82, 2.24) is 9.97 Å². The van der Waals surface area contributed by atoms with E-state index in [1.165, 1.54) is 18.5 Å². The topological polar surface area (TPSA) is 111 Å². The maximum atomic E-state index is 13.0. The van der Waals surface area contributed by atoms with Crippen molar-refractivity contribution in [3.8, 4) is 11.5 Å². The molecule has 0 radical (unpaired) electrons. The summed E-state index contributed by atoms with van der Waals surface area (Å²) >= 11 is 0. The molecule has 10 heteroatoms. The quantitative estimate of drug-likeness (QED) is 0.479. The number of hydrogen-bond acceptors (Lipinski definition) is 8. The van der Waals surface area contributed by atoms with Gasteiger partial charge in [-0.25, -0.2) is 14.4 Å². The SMILES string of the molecule is O=[N+]([O-])c1c(NCc2ccc(F)cc2)ncnc1Nc1ccc2c(c1)OCCO2.